The fourth-order valence-corrected chi connectivity index (χ4v) is 7.77. The van der Waals surface area contributed by atoms with Crippen molar-refractivity contribution in [2.24, 2.45) is 23.2 Å². The van der Waals surface area contributed by atoms with E-state index in [2.05, 4.69) is 10.2 Å². The molecule has 0 aromatic carbocycles. The summed E-state index contributed by atoms with van der Waals surface area (Å²) in [6, 6.07) is 0. The van der Waals surface area contributed by atoms with Crippen LogP contribution in [0.4, 0.5) is 19.1 Å². The van der Waals surface area contributed by atoms with Crippen LogP contribution in [0.15, 0.2) is 5.16 Å². The van der Waals surface area contributed by atoms with Crippen molar-refractivity contribution >= 4 is 23.5 Å². The SMILES string of the molecule is CC(Sc1nnc(N2CCOCC2)n1CC(F)(F)F)C(=O)C12CC3CC(CC(C3)C1)C2. The standard InChI is InChI=1S/C21H29F3N4O2S/c1-13(17(29)20-9-14-6-15(10-20)8-16(7-14)11-20)31-19-26-25-18(27-2-4-30-5-3-27)28(19)12-21(22,23)24/h13-16H,2-12H2,1H3. The molecule has 0 N–H and O–H groups in total. The number of ketones is 1. The van der Waals surface area contributed by atoms with E-state index in [0.717, 1.165) is 35.6 Å². The Kier molecular flexibility index (Phi) is 5.52. The molecule has 0 spiro atoms. The number of hydrogen-bond donors (Lipinski definition) is 0. The van der Waals surface area contributed by atoms with Crippen molar-refractivity contribution in [3.05, 3.63) is 0 Å². The summed E-state index contributed by atoms with van der Waals surface area (Å²) in [7, 11) is 0. The van der Waals surface area contributed by atoms with Crippen molar-refractivity contribution in [1.82, 2.24) is 14.8 Å². The third-order valence-corrected chi connectivity index (χ3v) is 8.62. The summed E-state index contributed by atoms with van der Waals surface area (Å²) in [6.07, 6.45) is 2.21. The fourth-order valence-electron chi connectivity index (χ4n) is 6.74. The highest BCUT2D eigenvalue weighted by atomic mass is 32.2. The number of ether oxygens (including phenoxy) is 1. The topological polar surface area (TPSA) is 60.2 Å². The number of halogens is 3. The molecular weight excluding hydrogens is 429 g/mol. The van der Waals surface area contributed by atoms with Crippen molar-refractivity contribution in [3.8, 4) is 0 Å². The predicted molar refractivity (Wildman–Crippen MR) is 110 cm³/mol. The summed E-state index contributed by atoms with van der Waals surface area (Å²) in [5.74, 6) is 2.35. The van der Waals surface area contributed by atoms with Crippen molar-refractivity contribution in [2.75, 3.05) is 31.2 Å². The van der Waals surface area contributed by atoms with Gasteiger partial charge in [-0.2, -0.15) is 13.2 Å². The van der Waals surface area contributed by atoms with Crippen LogP contribution in [0.2, 0.25) is 0 Å². The number of carbonyl (C=O) groups is 1. The van der Waals surface area contributed by atoms with E-state index in [1.54, 1.807) is 4.90 Å². The Bertz CT molecular complexity index is 802. The van der Waals surface area contributed by atoms with Crippen LogP contribution >= 0.6 is 11.8 Å². The molecule has 6 nitrogen and oxygen atoms in total. The molecule has 172 valence electrons. The summed E-state index contributed by atoms with van der Waals surface area (Å²) in [6.45, 7) is 2.51. The fraction of sp³-hybridized carbons (Fsp3) is 0.857. The van der Waals surface area contributed by atoms with Crippen LogP contribution in [0.5, 0.6) is 0 Å². The second-order valence-corrected chi connectivity index (χ2v) is 11.2. The van der Waals surface area contributed by atoms with E-state index in [4.69, 9.17) is 4.74 Å². The Balaban J connectivity index is 1.36. The number of nitrogens with zero attached hydrogens (tertiary/aromatic N) is 4. The van der Waals surface area contributed by atoms with Gasteiger partial charge in [-0.25, -0.2) is 0 Å². The average molecular weight is 459 g/mol. The van der Waals surface area contributed by atoms with Crippen LogP contribution in [0, 0.1) is 23.2 Å². The maximum Gasteiger partial charge on any atom is 0.406 e. The molecule has 31 heavy (non-hydrogen) atoms. The van der Waals surface area contributed by atoms with Crippen LogP contribution in [-0.2, 0) is 16.1 Å². The Hall–Kier alpha value is -1.29. The second kappa shape index (κ2) is 7.93. The van der Waals surface area contributed by atoms with Gasteiger partial charge in [0, 0.05) is 18.5 Å². The van der Waals surface area contributed by atoms with Gasteiger partial charge in [-0.3, -0.25) is 9.36 Å². The minimum absolute atomic E-state index is 0.171. The highest BCUT2D eigenvalue weighted by Gasteiger charge is 2.55. The number of thioether (sulfide) groups is 1. The number of hydrogen-bond acceptors (Lipinski definition) is 6. The Morgan fingerprint density at radius 3 is 2.26 bits per heavy atom. The quantitative estimate of drug-likeness (QED) is 0.602. The minimum Gasteiger partial charge on any atom is -0.378 e. The zero-order valence-electron chi connectivity index (χ0n) is 17.7. The summed E-state index contributed by atoms with van der Waals surface area (Å²) in [5, 5.41) is 7.90. The van der Waals surface area contributed by atoms with Gasteiger partial charge in [-0.05, 0) is 63.2 Å². The number of morpholine rings is 1. The average Bonchev–Trinajstić information content (AvgIpc) is 3.07. The molecule has 6 rings (SSSR count). The monoisotopic (exact) mass is 458 g/mol. The van der Waals surface area contributed by atoms with Crippen LogP contribution < -0.4 is 4.90 Å². The molecule has 0 amide bonds. The molecule has 2 heterocycles. The van der Waals surface area contributed by atoms with Gasteiger partial charge < -0.3 is 9.64 Å². The Morgan fingerprint density at radius 2 is 1.71 bits per heavy atom. The number of carbonyl (C=O) groups excluding carboxylic acids is 1. The van der Waals surface area contributed by atoms with Crippen LogP contribution in [0.3, 0.4) is 0 Å². The van der Waals surface area contributed by atoms with E-state index >= 15 is 0 Å². The summed E-state index contributed by atoms with van der Waals surface area (Å²) in [5.41, 5.74) is -0.275. The summed E-state index contributed by atoms with van der Waals surface area (Å²) >= 11 is 1.13. The summed E-state index contributed by atoms with van der Waals surface area (Å²) < 4.78 is 46.5. The molecule has 4 bridgehead atoms. The zero-order chi connectivity index (χ0) is 21.8. The normalized spacial score (nSPS) is 33.7. The molecule has 10 heteroatoms. The molecule has 1 aliphatic heterocycles. The molecule has 1 unspecified atom stereocenters. The Labute approximate surface area is 184 Å². The van der Waals surface area contributed by atoms with Crippen molar-refractivity contribution in [2.45, 2.75) is 68.6 Å². The van der Waals surface area contributed by atoms with Crippen molar-refractivity contribution < 1.29 is 22.7 Å². The van der Waals surface area contributed by atoms with Gasteiger partial charge in [-0.15, -0.1) is 10.2 Å². The zero-order valence-corrected chi connectivity index (χ0v) is 18.6. The van der Waals surface area contributed by atoms with Crippen LogP contribution in [0.25, 0.3) is 0 Å². The molecule has 1 aromatic rings. The van der Waals surface area contributed by atoms with Gasteiger partial charge in [0.1, 0.15) is 6.54 Å². The molecule has 5 fully saturated rings. The minimum atomic E-state index is -4.40. The third-order valence-electron chi connectivity index (χ3n) is 7.54. The second-order valence-electron chi connectivity index (χ2n) is 9.91. The lowest BCUT2D eigenvalue weighted by molar-refractivity contribution is -0.143. The molecular formula is C21H29F3N4O2S. The lowest BCUT2D eigenvalue weighted by atomic mass is 9.48. The first-order valence-corrected chi connectivity index (χ1v) is 12.1. The first kappa shape index (κ1) is 21.6. The number of rotatable bonds is 6. The van der Waals surface area contributed by atoms with Gasteiger partial charge in [0.2, 0.25) is 5.95 Å². The lowest BCUT2D eigenvalue weighted by Crippen LogP contribution is -2.51. The van der Waals surface area contributed by atoms with E-state index < -0.39 is 18.0 Å². The van der Waals surface area contributed by atoms with Crippen molar-refractivity contribution in [1.29, 1.82) is 0 Å². The molecule has 1 atom stereocenters. The van der Waals surface area contributed by atoms with E-state index in [-0.39, 0.29) is 22.3 Å². The van der Waals surface area contributed by atoms with Gasteiger partial charge in [0.25, 0.3) is 0 Å². The number of alkyl halides is 3. The molecule has 4 aliphatic carbocycles. The first-order chi connectivity index (χ1) is 14.7. The molecule has 0 radical (unpaired) electrons. The lowest BCUT2D eigenvalue weighted by Gasteiger charge is -2.56. The number of Topliss-reactive ketones (excluding diaryl/α,β-unsaturated/α-hetero) is 1. The molecule has 1 aromatic heterocycles. The highest BCUT2D eigenvalue weighted by Crippen LogP contribution is 2.61. The first-order valence-electron chi connectivity index (χ1n) is 11.3. The van der Waals surface area contributed by atoms with E-state index in [1.807, 2.05) is 6.92 Å². The van der Waals surface area contributed by atoms with E-state index in [0.29, 0.717) is 44.1 Å². The van der Waals surface area contributed by atoms with Gasteiger partial charge in [0.05, 0.1) is 18.5 Å². The van der Waals surface area contributed by atoms with Crippen molar-refractivity contribution in [3.63, 3.8) is 0 Å². The maximum atomic E-state index is 13.6. The largest absolute Gasteiger partial charge is 0.406 e. The molecule has 4 saturated carbocycles. The number of aromatic nitrogens is 3. The van der Waals surface area contributed by atoms with Gasteiger partial charge >= 0.3 is 6.18 Å². The third kappa shape index (κ3) is 4.21. The van der Waals surface area contributed by atoms with Gasteiger partial charge in [-0.1, -0.05) is 11.8 Å². The molecule has 5 aliphatic rings. The van der Waals surface area contributed by atoms with Crippen LogP contribution in [0.1, 0.15) is 45.4 Å². The smallest absolute Gasteiger partial charge is 0.378 e. The van der Waals surface area contributed by atoms with Gasteiger partial charge in [0.15, 0.2) is 10.9 Å². The Morgan fingerprint density at radius 1 is 1.13 bits per heavy atom. The van der Waals surface area contributed by atoms with E-state index in [9.17, 15) is 18.0 Å². The predicted octanol–water partition coefficient (Wildman–Crippen LogP) is 3.94. The summed E-state index contributed by atoms with van der Waals surface area (Å²) in [4.78, 5) is 15.4. The maximum absolute atomic E-state index is 13.6. The highest BCUT2D eigenvalue weighted by molar-refractivity contribution is 8.00. The molecule has 1 saturated heterocycles. The van der Waals surface area contributed by atoms with E-state index in [1.165, 1.54) is 19.3 Å². The number of anilines is 1. The van der Waals surface area contributed by atoms with Crippen LogP contribution in [-0.4, -0.2) is 58.3 Å².